The van der Waals surface area contributed by atoms with Gasteiger partial charge in [0.25, 0.3) is 0 Å². The zero-order valence-electron chi connectivity index (χ0n) is 14.5. The number of benzene rings is 2. The Hall–Kier alpha value is -1.96. The van der Waals surface area contributed by atoms with E-state index in [4.69, 9.17) is 12.2 Å². The summed E-state index contributed by atoms with van der Waals surface area (Å²) < 4.78 is 3.21. The Kier molecular flexibility index (Phi) is 6.24. The summed E-state index contributed by atoms with van der Waals surface area (Å²) in [5.41, 5.74) is 1.84. The highest BCUT2D eigenvalue weighted by Gasteiger charge is 2.19. The standard InChI is InChI=1S/C19H19N3OS3/c1-14(2)21(15-9-5-3-6-10-15)17(23)13-25-18-20-22(19(24)26-18)16-11-7-4-8-12-16/h3-12,14H,13H2,1-2H3. The molecule has 0 spiro atoms. The lowest BCUT2D eigenvalue weighted by Crippen LogP contribution is -2.38. The van der Waals surface area contributed by atoms with Crippen molar-refractivity contribution in [1.82, 2.24) is 9.78 Å². The highest BCUT2D eigenvalue weighted by molar-refractivity contribution is 8.01. The maximum atomic E-state index is 12.8. The van der Waals surface area contributed by atoms with Crippen LogP contribution in [0.4, 0.5) is 5.69 Å². The number of carbonyl (C=O) groups excluding carboxylic acids is 1. The van der Waals surface area contributed by atoms with Crippen LogP contribution in [0.3, 0.4) is 0 Å². The first kappa shape index (κ1) is 18.8. The fourth-order valence-corrected chi connectivity index (χ4v) is 4.78. The predicted octanol–water partition coefficient (Wildman–Crippen LogP) is 5.20. The number of aromatic nitrogens is 2. The zero-order chi connectivity index (χ0) is 18.5. The molecule has 7 heteroatoms. The minimum Gasteiger partial charge on any atom is -0.309 e. The van der Waals surface area contributed by atoms with Crippen LogP contribution in [0.1, 0.15) is 13.8 Å². The van der Waals surface area contributed by atoms with Gasteiger partial charge in [0, 0.05) is 11.7 Å². The number of thioether (sulfide) groups is 1. The highest BCUT2D eigenvalue weighted by atomic mass is 32.2. The number of anilines is 1. The molecule has 0 unspecified atom stereocenters. The number of para-hydroxylation sites is 2. The molecule has 3 aromatic rings. The van der Waals surface area contributed by atoms with Gasteiger partial charge < -0.3 is 4.90 Å². The lowest BCUT2D eigenvalue weighted by molar-refractivity contribution is -0.116. The third-order valence-electron chi connectivity index (χ3n) is 3.67. The molecule has 0 aliphatic carbocycles. The van der Waals surface area contributed by atoms with Crippen molar-refractivity contribution in [3.05, 3.63) is 64.6 Å². The normalized spacial score (nSPS) is 10.9. The van der Waals surface area contributed by atoms with E-state index in [1.54, 1.807) is 4.68 Å². The molecule has 0 saturated heterocycles. The van der Waals surface area contributed by atoms with Crippen LogP contribution in [-0.4, -0.2) is 27.5 Å². The molecule has 1 heterocycles. The first-order chi connectivity index (χ1) is 12.6. The third-order valence-corrected chi connectivity index (χ3v) is 6.02. The smallest absolute Gasteiger partial charge is 0.237 e. The molecule has 26 heavy (non-hydrogen) atoms. The van der Waals surface area contributed by atoms with E-state index in [1.165, 1.54) is 23.1 Å². The largest absolute Gasteiger partial charge is 0.309 e. The number of hydrogen-bond donors (Lipinski definition) is 0. The maximum absolute atomic E-state index is 12.8. The van der Waals surface area contributed by atoms with E-state index in [0.29, 0.717) is 9.71 Å². The van der Waals surface area contributed by atoms with E-state index in [-0.39, 0.29) is 11.9 Å². The van der Waals surface area contributed by atoms with Crippen molar-refractivity contribution in [3.8, 4) is 5.69 Å². The van der Waals surface area contributed by atoms with Gasteiger partial charge in [-0.15, -0.1) is 5.10 Å². The van der Waals surface area contributed by atoms with Gasteiger partial charge in [0.15, 0.2) is 8.29 Å². The minimum atomic E-state index is 0.0589. The Morgan fingerprint density at radius 3 is 2.38 bits per heavy atom. The Labute approximate surface area is 166 Å². The summed E-state index contributed by atoms with van der Waals surface area (Å²) in [6.07, 6.45) is 0. The van der Waals surface area contributed by atoms with Gasteiger partial charge in [-0.25, -0.2) is 4.68 Å². The van der Waals surface area contributed by atoms with Crippen LogP contribution >= 0.6 is 35.3 Å². The topological polar surface area (TPSA) is 38.1 Å². The molecule has 134 valence electrons. The van der Waals surface area contributed by atoms with Crippen molar-refractivity contribution >= 4 is 46.9 Å². The van der Waals surface area contributed by atoms with Gasteiger partial charge in [-0.3, -0.25) is 4.79 Å². The van der Waals surface area contributed by atoms with Gasteiger partial charge in [-0.1, -0.05) is 59.5 Å². The summed E-state index contributed by atoms with van der Waals surface area (Å²) in [6.45, 7) is 4.04. The molecule has 0 radical (unpaired) electrons. The Morgan fingerprint density at radius 1 is 1.15 bits per heavy atom. The van der Waals surface area contributed by atoms with Crippen LogP contribution in [0, 0.1) is 3.95 Å². The van der Waals surface area contributed by atoms with E-state index in [9.17, 15) is 4.79 Å². The Bertz CT molecular complexity index is 920. The molecular formula is C19H19N3OS3. The molecule has 0 bridgehead atoms. The molecule has 1 aromatic heterocycles. The average Bonchev–Trinajstić information content (AvgIpc) is 3.02. The third kappa shape index (κ3) is 4.41. The lowest BCUT2D eigenvalue weighted by atomic mass is 10.2. The average molecular weight is 402 g/mol. The summed E-state index contributed by atoms with van der Waals surface area (Å²) in [5, 5.41) is 4.55. The van der Waals surface area contributed by atoms with E-state index in [2.05, 4.69) is 5.10 Å². The van der Waals surface area contributed by atoms with Gasteiger partial charge >= 0.3 is 0 Å². The predicted molar refractivity (Wildman–Crippen MR) is 112 cm³/mol. The summed E-state index contributed by atoms with van der Waals surface area (Å²) in [4.78, 5) is 14.6. The molecule has 0 fully saturated rings. The second kappa shape index (κ2) is 8.62. The monoisotopic (exact) mass is 401 g/mol. The van der Waals surface area contributed by atoms with Crippen molar-refractivity contribution in [2.45, 2.75) is 24.2 Å². The SMILES string of the molecule is CC(C)N(C(=O)CSc1nn(-c2ccccc2)c(=S)s1)c1ccccc1. The molecule has 0 saturated carbocycles. The summed E-state index contributed by atoms with van der Waals surface area (Å²) in [5.74, 6) is 0.382. The van der Waals surface area contributed by atoms with Crippen LogP contribution in [0.5, 0.6) is 0 Å². The van der Waals surface area contributed by atoms with Crippen molar-refractivity contribution in [1.29, 1.82) is 0 Å². The summed E-state index contributed by atoms with van der Waals surface area (Å²) in [6, 6.07) is 19.6. The number of carbonyl (C=O) groups is 1. The molecule has 4 nitrogen and oxygen atoms in total. The summed E-state index contributed by atoms with van der Waals surface area (Å²) in [7, 11) is 0. The lowest BCUT2D eigenvalue weighted by Gasteiger charge is -2.26. The van der Waals surface area contributed by atoms with Crippen molar-refractivity contribution < 1.29 is 4.79 Å². The quantitative estimate of drug-likeness (QED) is 0.420. The van der Waals surface area contributed by atoms with Gasteiger partial charge in [-0.2, -0.15) is 0 Å². The van der Waals surface area contributed by atoms with Gasteiger partial charge in [0.1, 0.15) is 0 Å². The van der Waals surface area contributed by atoms with Crippen LogP contribution in [0.25, 0.3) is 5.69 Å². The van der Waals surface area contributed by atoms with Gasteiger partial charge in [0.2, 0.25) is 5.91 Å². The van der Waals surface area contributed by atoms with Crippen LogP contribution in [0.2, 0.25) is 0 Å². The van der Waals surface area contributed by atoms with Crippen molar-refractivity contribution in [3.63, 3.8) is 0 Å². The number of nitrogens with zero attached hydrogens (tertiary/aromatic N) is 3. The number of hydrogen-bond acceptors (Lipinski definition) is 5. The molecule has 0 atom stereocenters. The van der Waals surface area contributed by atoms with E-state index in [1.807, 2.05) is 79.4 Å². The van der Waals surface area contributed by atoms with Crippen LogP contribution in [0.15, 0.2) is 65.0 Å². The maximum Gasteiger partial charge on any atom is 0.237 e. The van der Waals surface area contributed by atoms with Gasteiger partial charge in [-0.05, 0) is 50.3 Å². The molecular weight excluding hydrogens is 382 g/mol. The zero-order valence-corrected chi connectivity index (χ0v) is 17.0. The number of amides is 1. The second-order valence-corrected chi connectivity index (χ2v) is 8.71. The van der Waals surface area contributed by atoms with Crippen LogP contribution in [-0.2, 0) is 4.79 Å². The molecule has 0 aliphatic heterocycles. The van der Waals surface area contributed by atoms with E-state index in [0.717, 1.165) is 15.7 Å². The Morgan fingerprint density at radius 2 is 1.77 bits per heavy atom. The van der Waals surface area contributed by atoms with Crippen LogP contribution < -0.4 is 4.90 Å². The fraction of sp³-hybridized carbons (Fsp3) is 0.211. The molecule has 1 amide bonds. The molecule has 3 rings (SSSR count). The van der Waals surface area contributed by atoms with Gasteiger partial charge in [0.05, 0.1) is 11.4 Å². The first-order valence-electron chi connectivity index (χ1n) is 8.22. The fourth-order valence-electron chi connectivity index (χ4n) is 2.56. The first-order valence-corrected chi connectivity index (χ1v) is 10.4. The van der Waals surface area contributed by atoms with E-state index >= 15 is 0 Å². The second-order valence-electron chi connectivity index (χ2n) is 5.86. The number of rotatable bonds is 6. The van der Waals surface area contributed by atoms with Crippen molar-refractivity contribution in [2.75, 3.05) is 10.7 Å². The molecule has 0 aliphatic rings. The highest BCUT2D eigenvalue weighted by Crippen LogP contribution is 2.26. The Balaban J connectivity index is 1.72. The van der Waals surface area contributed by atoms with E-state index < -0.39 is 0 Å². The molecule has 0 N–H and O–H groups in total. The molecule has 2 aromatic carbocycles. The van der Waals surface area contributed by atoms with Crippen molar-refractivity contribution in [2.24, 2.45) is 0 Å². The minimum absolute atomic E-state index is 0.0589. The summed E-state index contributed by atoms with van der Waals surface area (Å²) >= 11 is 8.27.